The third kappa shape index (κ3) is 4.74. The molecule has 2 nitrogen and oxygen atoms in total. The first kappa shape index (κ1) is 23.2. The molecule has 2 heteroatoms. The zero-order valence-electron chi connectivity index (χ0n) is 19.8. The molecule has 0 aromatic carbocycles. The van der Waals surface area contributed by atoms with E-state index in [0.29, 0.717) is 47.3 Å². The van der Waals surface area contributed by atoms with Crippen molar-refractivity contribution < 1.29 is 10.2 Å². The zero-order chi connectivity index (χ0) is 20.9. The first-order valence-electron chi connectivity index (χ1n) is 11.5. The van der Waals surface area contributed by atoms with Crippen LogP contribution in [-0.4, -0.2) is 22.4 Å². The van der Waals surface area contributed by atoms with Gasteiger partial charge in [0, 0.05) is 0 Å². The molecule has 0 aromatic heterocycles. The number of rotatable bonds is 2. The Balaban J connectivity index is 2.27. The van der Waals surface area contributed by atoms with Crippen molar-refractivity contribution in [3.05, 3.63) is 0 Å². The molecular weight excluding hydrogens is 332 g/mol. The molecule has 0 aromatic rings. The molecule has 0 aliphatic heterocycles. The summed E-state index contributed by atoms with van der Waals surface area (Å²) < 4.78 is 0. The fraction of sp³-hybridized carbons (Fsp3) is 1.00. The Labute approximate surface area is 169 Å². The molecule has 27 heavy (non-hydrogen) atoms. The van der Waals surface area contributed by atoms with E-state index in [1.165, 1.54) is 0 Å². The normalized spacial score (nSPS) is 47.1. The summed E-state index contributed by atoms with van der Waals surface area (Å²) in [7, 11) is 0. The summed E-state index contributed by atoms with van der Waals surface area (Å²) in [5.41, 5.74) is 0.258. The van der Waals surface area contributed by atoms with E-state index in [0.717, 1.165) is 19.3 Å². The summed E-state index contributed by atoms with van der Waals surface area (Å²) in [6.07, 6.45) is 2.71. The smallest absolute Gasteiger partial charge is 0.0604 e. The highest BCUT2D eigenvalue weighted by molar-refractivity contribution is 4.99. The van der Waals surface area contributed by atoms with Gasteiger partial charge in [0.1, 0.15) is 0 Å². The van der Waals surface area contributed by atoms with E-state index in [4.69, 9.17) is 0 Å². The van der Waals surface area contributed by atoms with Crippen molar-refractivity contribution in [3.63, 3.8) is 0 Å². The second-order valence-corrected chi connectivity index (χ2v) is 12.6. The van der Waals surface area contributed by atoms with Crippen molar-refractivity contribution in [2.24, 2.45) is 58.2 Å². The lowest BCUT2D eigenvalue weighted by atomic mass is 9.55. The molecule has 0 heterocycles. The third-order valence-electron chi connectivity index (χ3n) is 8.87. The molecule has 0 spiro atoms. The van der Waals surface area contributed by atoms with E-state index >= 15 is 0 Å². The van der Waals surface area contributed by atoms with Crippen molar-refractivity contribution in [1.82, 2.24) is 0 Å². The maximum absolute atomic E-state index is 11.4. The van der Waals surface area contributed by atoms with Crippen molar-refractivity contribution in [1.29, 1.82) is 0 Å². The van der Waals surface area contributed by atoms with Gasteiger partial charge in [-0.3, -0.25) is 0 Å². The van der Waals surface area contributed by atoms with Gasteiger partial charge in [-0.2, -0.15) is 0 Å². The number of hydrogen-bond donors (Lipinski definition) is 2. The monoisotopic (exact) mass is 380 g/mol. The highest BCUT2D eigenvalue weighted by Crippen LogP contribution is 2.52. The van der Waals surface area contributed by atoms with E-state index in [1.54, 1.807) is 0 Å². The molecule has 2 N–H and O–H groups in total. The lowest BCUT2D eigenvalue weighted by molar-refractivity contribution is -0.116. The van der Waals surface area contributed by atoms with Crippen LogP contribution in [0.4, 0.5) is 0 Å². The van der Waals surface area contributed by atoms with Gasteiger partial charge in [-0.05, 0) is 77.4 Å². The summed E-state index contributed by atoms with van der Waals surface area (Å²) >= 11 is 0. The highest BCUT2D eigenvalue weighted by atomic mass is 16.3. The Hall–Kier alpha value is -0.0800. The largest absolute Gasteiger partial charge is 0.393 e. The molecule has 2 saturated carbocycles. The molecular formula is C25H48O2. The maximum Gasteiger partial charge on any atom is 0.0604 e. The predicted octanol–water partition coefficient (Wildman–Crippen LogP) is 6.01. The SMILES string of the molecule is CC1CC(C(C)(C)C)C(O)C(CC2C(C)C(C)CC(C(C)(C)C)C2O)C1C. The molecule has 10 atom stereocenters. The van der Waals surface area contributed by atoms with Crippen LogP contribution in [0.2, 0.25) is 0 Å². The van der Waals surface area contributed by atoms with Crippen LogP contribution < -0.4 is 0 Å². The Bertz CT molecular complexity index is 442. The standard InChI is InChI=1S/C25H48O2/c1-14-11-20(24(5,6)7)22(26)18(16(14)3)13-19-17(4)15(2)12-21(23(19)27)25(8,9)10/h14-23,26-27H,11-13H2,1-10H3. The predicted molar refractivity (Wildman–Crippen MR) is 115 cm³/mol. The first-order valence-corrected chi connectivity index (χ1v) is 11.5. The maximum atomic E-state index is 11.4. The molecule has 160 valence electrons. The van der Waals surface area contributed by atoms with Crippen LogP contribution in [0.15, 0.2) is 0 Å². The van der Waals surface area contributed by atoms with Gasteiger partial charge in [0.05, 0.1) is 12.2 Å². The summed E-state index contributed by atoms with van der Waals surface area (Å²) in [6.45, 7) is 23.0. The van der Waals surface area contributed by atoms with Gasteiger partial charge in [0.2, 0.25) is 0 Å². The molecule has 0 bridgehead atoms. The van der Waals surface area contributed by atoms with Crippen LogP contribution in [0.5, 0.6) is 0 Å². The van der Waals surface area contributed by atoms with Gasteiger partial charge in [-0.25, -0.2) is 0 Å². The fourth-order valence-electron chi connectivity index (χ4n) is 6.33. The summed E-state index contributed by atoms with van der Waals surface area (Å²) in [6, 6.07) is 0. The first-order chi connectivity index (χ1) is 12.2. The van der Waals surface area contributed by atoms with Crippen LogP contribution in [0.25, 0.3) is 0 Å². The van der Waals surface area contributed by atoms with Crippen molar-refractivity contribution in [2.75, 3.05) is 0 Å². The van der Waals surface area contributed by atoms with E-state index in [9.17, 15) is 10.2 Å². The van der Waals surface area contributed by atoms with Gasteiger partial charge >= 0.3 is 0 Å². The number of aliphatic hydroxyl groups is 2. The van der Waals surface area contributed by atoms with Gasteiger partial charge in [0.25, 0.3) is 0 Å². The Morgan fingerprint density at radius 3 is 1.19 bits per heavy atom. The van der Waals surface area contributed by atoms with E-state index in [2.05, 4.69) is 69.2 Å². The molecule has 0 saturated heterocycles. The average Bonchev–Trinajstić information content (AvgIpc) is 2.51. The molecule has 2 rings (SSSR count). The molecule has 2 fully saturated rings. The highest BCUT2D eigenvalue weighted by Gasteiger charge is 2.49. The van der Waals surface area contributed by atoms with E-state index in [1.807, 2.05) is 0 Å². The Kier molecular flexibility index (Phi) is 6.85. The fourth-order valence-corrected chi connectivity index (χ4v) is 6.33. The molecule has 10 unspecified atom stereocenters. The second kappa shape index (κ2) is 7.98. The lowest BCUT2D eigenvalue weighted by Gasteiger charge is -2.52. The number of aliphatic hydroxyl groups excluding tert-OH is 2. The molecule has 2 aliphatic carbocycles. The minimum absolute atomic E-state index is 0.129. The Morgan fingerprint density at radius 1 is 0.630 bits per heavy atom. The summed E-state index contributed by atoms with van der Waals surface area (Å²) in [5, 5.41) is 22.7. The van der Waals surface area contributed by atoms with Crippen LogP contribution in [0.1, 0.15) is 88.5 Å². The van der Waals surface area contributed by atoms with Gasteiger partial charge in [-0.15, -0.1) is 0 Å². The van der Waals surface area contributed by atoms with Crippen LogP contribution in [0.3, 0.4) is 0 Å². The van der Waals surface area contributed by atoms with Crippen LogP contribution in [0, 0.1) is 58.2 Å². The minimum Gasteiger partial charge on any atom is -0.393 e. The van der Waals surface area contributed by atoms with Gasteiger partial charge in [-0.1, -0.05) is 69.2 Å². The number of hydrogen-bond acceptors (Lipinski definition) is 2. The minimum atomic E-state index is -0.249. The molecule has 2 aliphatic rings. The van der Waals surface area contributed by atoms with Gasteiger partial charge in [0.15, 0.2) is 0 Å². The second-order valence-electron chi connectivity index (χ2n) is 12.6. The lowest BCUT2D eigenvalue weighted by Crippen LogP contribution is -2.51. The van der Waals surface area contributed by atoms with Gasteiger partial charge < -0.3 is 10.2 Å². The van der Waals surface area contributed by atoms with E-state index < -0.39 is 0 Å². The van der Waals surface area contributed by atoms with Crippen LogP contribution >= 0.6 is 0 Å². The van der Waals surface area contributed by atoms with Crippen molar-refractivity contribution >= 4 is 0 Å². The molecule has 0 radical (unpaired) electrons. The third-order valence-corrected chi connectivity index (χ3v) is 8.87. The summed E-state index contributed by atoms with van der Waals surface area (Å²) in [5.74, 6) is 3.59. The average molecular weight is 381 g/mol. The van der Waals surface area contributed by atoms with Crippen LogP contribution in [-0.2, 0) is 0 Å². The molecule has 0 amide bonds. The van der Waals surface area contributed by atoms with E-state index in [-0.39, 0.29) is 23.0 Å². The zero-order valence-corrected chi connectivity index (χ0v) is 19.8. The quantitative estimate of drug-likeness (QED) is 0.616. The van der Waals surface area contributed by atoms with Crippen molar-refractivity contribution in [2.45, 2.75) is 101 Å². The van der Waals surface area contributed by atoms with Crippen molar-refractivity contribution in [3.8, 4) is 0 Å². The topological polar surface area (TPSA) is 40.5 Å². The Morgan fingerprint density at radius 2 is 0.926 bits per heavy atom. The summed E-state index contributed by atoms with van der Waals surface area (Å²) in [4.78, 5) is 0.